The molecule has 4 rings (SSSR count). The topological polar surface area (TPSA) is 62.0 Å². The van der Waals surface area contributed by atoms with Gasteiger partial charge in [-0.25, -0.2) is 8.78 Å². The van der Waals surface area contributed by atoms with E-state index < -0.39 is 6.43 Å². The Kier molecular flexibility index (Phi) is 4.64. The number of carbonyl (C=O) groups is 1. The zero-order valence-electron chi connectivity index (χ0n) is 14.7. The normalized spacial score (nSPS) is 20.2. The minimum Gasteiger partial charge on any atom is -0.350 e. The maximum atomic E-state index is 12.9. The van der Waals surface area contributed by atoms with Gasteiger partial charge in [0.15, 0.2) is 0 Å². The largest absolute Gasteiger partial charge is 0.350 e. The summed E-state index contributed by atoms with van der Waals surface area (Å²) in [6.45, 7) is 0. The molecule has 1 aromatic carbocycles. The number of nitrogens with one attached hydrogen (secondary N) is 2. The first-order valence-electron chi connectivity index (χ1n) is 9.14. The number of H-pyrrole nitrogens is 1. The molecule has 0 unspecified atom stereocenters. The molecule has 0 bridgehead atoms. The molecule has 2 aliphatic rings. The molecule has 1 aromatic heterocycles. The molecule has 0 spiro atoms. The van der Waals surface area contributed by atoms with Gasteiger partial charge in [-0.2, -0.15) is 0 Å². The van der Waals surface area contributed by atoms with Crippen LogP contribution in [0.5, 0.6) is 0 Å². The van der Waals surface area contributed by atoms with Gasteiger partial charge < -0.3 is 10.3 Å². The van der Waals surface area contributed by atoms with Crippen molar-refractivity contribution in [1.29, 1.82) is 0 Å². The summed E-state index contributed by atoms with van der Waals surface area (Å²) in [5, 5.41) is 2.88. The van der Waals surface area contributed by atoms with Gasteiger partial charge >= 0.3 is 0 Å². The minimum absolute atomic E-state index is 0.0128. The molecule has 1 aliphatic heterocycles. The van der Waals surface area contributed by atoms with E-state index in [0.29, 0.717) is 24.5 Å². The molecule has 1 saturated carbocycles. The van der Waals surface area contributed by atoms with Gasteiger partial charge in [0.25, 0.3) is 12.0 Å². The smallest absolute Gasteiger partial charge is 0.263 e. The molecule has 6 heteroatoms. The van der Waals surface area contributed by atoms with Crippen LogP contribution >= 0.6 is 0 Å². The van der Waals surface area contributed by atoms with Gasteiger partial charge in [-0.05, 0) is 36.8 Å². The quantitative estimate of drug-likeness (QED) is 0.839. The van der Waals surface area contributed by atoms with Gasteiger partial charge in [-0.15, -0.1) is 0 Å². The predicted molar refractivity (Wildman–Crippen MR) is 98.7 cm³/mol. The second-order valence-corrected chi connectivity index (χ2v) is 7.15. The Morgan fingerprint density at radius 3 is 2.33 bits per heavy atom. The molecule has 140 valence electrons. The number of aromatic amines is 1. The number of amides is 1. The van der Waals surface area contributed by atoms with Gasteiger partial charge in [0.1, 0.15) is 0 Å². The van der Waals surface area contributed by atoms with Crippen molar-refractivity contribution in [2.24, 2.45) is 0 Å². The Labute approximate surface area is 155 Å². The first kappa shape index (κ1) is 17.6. The fraction of sp³-hybridized carbons (Fsp3) is 0.333. The van der Waals surface area contributed by atoms with Crippen LogP contribution in [-0.2, 0) is 4.79 Å². The highest BCUT2D eigenvalue weighted by Crippen LogP contribution is 2.38. The highest BCUT2D eigenvalue weighted by molar-refractivity contribution is 5.82. The van der Waals surface area contributed by atoms with Crippen molar-refractivity contribution in [2.45, 2.75) is 44.1 Å². The maximum Gasteiger partial charge on any atom is 0.263 e. The summed E-state index contributed by atoms with van der Waals surface area (Å²) in [5.74, 6) is 0.330. The molecule has 4 nitrogen and oxygen atoms in total. The minimum atomic E-state index is -2.53. The summed E-state index contributed by atoms with van der Waals surface area (Å²) in [6.07, 6.45) is 2.56. The number of aromatic nitrogens is 1. The zero-order valence-corrected chi connectivity index (χ0v) is 14.7. The van der Waals surface area contributed by atoms with Crippen LogP contribution in [-0.4, -0.2) is 16.9 Å². The van der Waals surface area contributed by atoms with Crippen molar-refractivity contribution in [3.63, 3.8) is 0 Å². The third-order valence-electron chi connectivity index (χ3n) is 5.12. The number of benzene rings is 1. The summed E-state index contributed by atoms with van der Waals surface area (Å²) in [4.78, 5) is 26.9. The summed E-state index contributed by atoms with van der Waals surface area (Å²) in [5.41, 5.74) is 2.69. The Hall–Kier alpha value is -2.76. The van der Waals surface area contributed by atoms with E-state index in [1.54, 1.807) is 12.1 Å². The van der Waals surface area contributed by atoms with Gasteiger partial charge in [-0.1, -0.05) is 36.4 Å². The van der Waals surface area contributed by atoms with E-state index in [1.807, 2.05) is 18.2 Å². The monoisotopic (exact) mass is 370 g/mol. The number of carbonyl (C=O) groups excluding carboxylic acids is 1. The lowest BCUT2D eigenvalue weighted by Crippen LogP contribution is -2.23. The van der Waals surface area contributed by atoms with Gasteiger partial charge in [-0.3, -0.25) is 9.59 Å². The van der Waals surface area contributed by atoms with Gasteiger partial charge in [0, 0.05) is 34.9 Å². The molecule has 2 N–H and O–H groups in total. The second kappa shape index (κ2) is 7.10. The van der Waals surface area contributed by atoms with E-state index in [4.69, 9.17) is 0 Å². The summed E-state index contributed by atoms with van der Waals surface area (Å²) >= 11 is 0. The molecule has 1 amide bonds. The lowest BCUT2D eigenvalue weighted by Gasteiger charge is -2.13. The second-order valence-electron chi connectivity index (χ2n) is 7.15. The van der Waals surface area contributed by atoms with Gasteiger partial charge in [0.2, 0.25) is 5.91 Å². The zero-order chi connectivity index (χ0) is 19.0. The van der Waals surface area contributed by atoms with Crippen LogP contribution in [0, 0.1) is 0 Å². The van der Waals surface area contributed by atoms with E-state index in [0.717, 1.165) is 29.5 Å². The third-order valence-corrected chi connectivity index (χ3v) is 5.12. The predicted octanol–water partition coefficient (Wildman–Crippen LogP) is 3.90. The highest BCUT2D eigenvalue weighted by Gasteiger charge is 2.26. The molecule has 1 saturated heterocycles. The standard InChI is InChI=1S/C21H20F2N2O2/c22-20(23)14-5-3-13(4-6-14)17(11-15-7-10-19(26)24-15)18-9-8-16(12-1-2-12)21(27)25-18/h3-6,8-9,11-12,15,20H,1-2,7,10H2,(H,24,26)(H,25,27)/b17-11-/t15-/m1/s1. The van der Waals surface area contributed by atoms with Crippen LogP contribution in [0.25, 0.3) is 5.57 Å². The van der Waals surface area contributed by atoms with Crippen LogP contribution in [0.15, 0.2) is 47.3 Å². The lowest BCUT2D eigenvalue weighted by atomic mass is 9.97. The van der Waals surface area contributed by atoms with Crippen molar-refractivity contribution in [1.82, 2.24) is 10.3 Å². The maximum absolute atomic E-state index is 12.9. The van der Waals surface area contributed by atoms with E-state index in [9.17, 15) is 18.4 Å². The van der Waals surface area contributed by atoms with Crippen molar-refractivity contribution >= 4 is 11.5 Å². The molecule has 27 heavy (non-hydrogen) atoms. The molecule has 2 heterocycles. The molecule has 1 aliphatic carbocycles. The number of hydrogen-bond acceptors (Lipinski definition) is 2. The molecule has 2 fully saturated rings. The molecule has 2 aromatic rings. The fourth-order valence-corrected chi connectivity index (χ4v) is 3.47. The van der Waals surface area contributed by atoms with Crippen LogP contribution in [0.1, 0.15) is 60.4 Å². The first-order chi connectivity index (χ1) is 13.0. The van der Waals surface area contributed by atoms with Crippen molar-refractivity contribution in [3.8, 4) is 0 Å². The van der Waals surface area contributed by atoms with Crippen molar-refractivity contribution in [2.75, 3.05) is 0 Å². The molecular weight excluding hydrogens is 350 g/mol. The lowest BCUT2D eigenvalue weighted by molar-refractivity contribution is -0.119. The summed E-state index contributed by atoms with van der Waals surface area (Å²) in [6, 6.07) is 9.58. The third kappa shape index (κ3) is 3.84. The number of pyridine rings is 1. The summed E-state index contributed by atoms with van der Waals surface area (Å²) in [7, 11) is 0. The Morgan fingerprint density at radius 2 is 1.78 bits per heavy atom. The average molecular weight is 370 g/mol. The Balaban J connectivity index is 1.73. The van der Waals surface area contributed by atoms with Crippen LogP contribution < -0.4 is 10.9 Å². The van der Waals surface area contributed by atoms with Gasteiger partial charge in [0.05, 0.1) is 0 Å². The van der Waals surface area contributed by atoms with Crippen LogP contribution in [0.3, 0.4) is 0 Å². The number of rotatable bonds is 5. The van der Waals surface area contributed by atoms with Crippen LogP contribution in [0.4, 0.5) is 8.78 Å². The molecule has 1 atom stereocenters. The van der Waals surface area contributed by atoms with Crippen molar-refractivity contribution in [3.05, 3.63) is 75.2 Å². The van der Waals surface area contributed by atoms with E-state index in [2.05, 4.69) is 10.3 Å². The molecular formula is C21H20F2N2O2. The Morgan fingerprint density at radius 1 is 1.04 bits per heavy atom. The van der Waals surface area contributed by atoms with E-state index in [1.165, 1.54) is 12.1 Å². The molecule has 0 radical (unpaired) electrons. The number of alkyl halides is 2. The first-order valence-corrected chi connectivity index (χ1v) is 9.14. The highest BCUT2D eigenvalue weighted by atomic mass is 19.3. The summed E-state index contributed by atoms with van der Waals surface area (Å²) < 4.78 is 25.7. The number of halogens is 2. The number of hydrogen-bond donors (Lipinski definition) is 2. The van der Waals surface area contributed by atoms with E-state index >= 15 is 0 Å². The fourth-order valence-electron chi connectivity index (χ4n) is 3.47. The SMILES string of the molecule is O=C1CC[C@H](/C=C(/c2ccc(C(F)F)cc2)c2ccc(C3CC3)c(=O)[nH]2)N1. The average Bonchev–Trinajstić information content (AvgIpc) is 3.41. The van der Waals surface area contributed by atoms with E-state index in [-0.39, 0.29) is 23.1 Å². The van der Waals surface area contributed by atoms with Crippen molar-refractivity contribution < 1.29 is 13.6 Å². The van der Waals surface area contributed by atoms with Crippen LogP contribution in [0.2, 0.25) is 0 Å². The Bertz CT molecular complexity index is 943.